The molecule has 1 saturated carbocycles. The number of hydrogen-bond donors (Lipinski definition) is 4. The van der Waals surface area contributed by atoms with E-state index >= 15 is 0 Å². The molecule has 6 N–H and O–H groups in total. The minimum absolute atomic E-state index is 0.100. The summed E-state index contributed by atoms with van der Waals surface area (Å²) in [6, 6.07) is 1.96. The third-order valence-corrected chi connectivity index (χ3v) is 3.78. The molecule has 106 valence electrons. The van der Waals surface area contributed by atoms with Gasteiger partial charge >= 0.3 is 0 Å². The number of nitrogens with zero attached hydrogens (tertiary/aromatic N) is 2. The molecule has 0 radical (unpaired) electrons. The Hall–Kier alpha value is -2.15. The van der Waals surface area contributed by atoms with Gasteiger partial charge in [-0.3, -0.25) is 4.79 Å². The maximum absolute atomic E-state index is 11.7. The molecule has 1 aliphatic carbocycles. The highest BCUT2D eigenvalue weighted by Gasteiger charge is 2.22. The van der Waals surface area contributed by atoms with Crippen molar-refractivity contribution in [3.05, 3.63) is 22.6 Å². The molecule has 0 aromatic carbocycles. The monoisotopic (exact) mass is 274 g/mol. The summed E-state index contributed by atoms with van der Waals surface area (Å²) >= 11 is 0. The Morgan fingerprint density at radius 1 is 1.30 bits per heavy atom. The number of anilines is 2. The second-order valence-corrected chi connectivity index (χ2v) is 5.20. The van der Waals surface area contributed by atoms with Gasteiger partial charge in [0.25, 0.3) is 5.56 Å². The molecule has 2 heterocycles. The number of aromatic amines is 1. The normalized spacial score (nSPS) is 22.9. The Bertz CT molecular complexity index is 682. The smallest absolute Gasteiger partial charge is 0.261 e. The van der Waals surface area contributed by atoms with E-state index in [4.69, 9.17) is 11.5 Å². The molecule has 2 aromatic heterocycles. The van der Waals surface area contributed by atoms with Crippen molar-refractivity contribution in [2.45, 2.75) is 37.8 Å². The lowest BCUT2D eigenvalue weighted by Gasteiger charge is -2.29. The van der Waals surface area contributed by atoms with Gasteiger partial charge in [0.15, 0.2) is 0 Å². The van der Waals surface area contributed by atoms with Gasteiger partial charge in [-0.1, -0.05) is 12.8 Å². The van der Waals surface area contributed by atoms with E-state index in [9.17, 15) is 4.79 Å². The summed E-state index contributed by atoms with van der Waals surface area (Å²) in [5.74, 6) is 0.617. The van der Waals surface area contributed by atoms with E-state index in [1.165, 1.54) is 0 Å². The molecular formula is C13H18N6O. The highest BCUT2D eigenvalue weighted by Crippen LogP contribution is 2.21. The highest BCUT2D eigenvalue weighted by molar-refractivity contribution is 5.87. The topological polar surface area (TPSA) is 123 Å². The maximum atomic E-state index is 11.7. The minimum Gasteiger partial charge on any atom is -0.383 e. The van der Waals surface area contributed by atoms with Crippen LogP contribution in [0.3, 0.4) is 0 Å². The van der Waals surface area contributed by atoms with Crippen molar-refractivity contribution in [2.24, 2.45) is 5.73 Å². The van der Waals surface area contributed by atoms with E-state index in [1.807, 2.05) is 0 Å². The van der Waals surface area contributed by atoms with Crippen LogP contribution >= 0.6 is 0 Å². The first-order chi connectivity index (χ1) is 9.65. The molecule has 1 fully saturated rings. The molecule has 3 rings (SSSR count). The Morgan fingerprint density at radius 3 is 2.90 bits per heavy atom. The summed E-state index contributed by atoms with van der Waals surface area (Å²) in [5.41, 5.74) is 12.2. The van der Waals surface area contributed by atoms with Crippen LogP contribution in [0.1, 0.15) is 25.7 Å². The molecule has 0 saturated heterocycles. The summed E-state index contributed by atoms with van der Waals surface area (Å²) in [6.45, 7) is 0. The van der Waals surface area contributed by atoms with Gasteiger partial charge in [0.1, 0.15) is 11.2 Å². The predicted octanol–water partition coefficient (Wildman–Crippen LogP) is 0.582. The fourth-order valence-corrected chi connectivity index (χ4v) is 2.69. The van der Waals surface area contributed by atoms with Gasteiger partial charge in [-0.15, -0.1) is 0 Å². The zero-order chi connectivity index (χ0) is 14.1. The third-order valence-electron chi connectivity index (χ3n) is 3.78. The predicted molar refractivity (Wildman–Crippen MR) is 78.4 cm³/mol. The molecule has 20 heavy (non-hydrogen) atoms. The Kier molecular flexibility index (Phi) is 3.27. The molecule has 7 heteroatoms. The number of nitrogens with two attached hydrogens (primary N) is 2. The average molecular weight is 274 g/mol. The molecule has 0 bridgehead atoms. The Morgan fingerprint density at radius 2 is 2.10 bits per heavy atom. The van der Waals surface area contributed by atoms with Crippen molar-refractivity contribution in [1.82, 2.24) is 15.0 Å². The van der Waals surface area contributed by atoms with Gasteiger partial charge in [-0.05, 0) is 18.9 Å². The van der Waals surface area contributed by atoms with Crippen molar-refractivity contribution in [3.63, 3.8) is 0 Å². The van der Waals surface area contributed by atoms with Crippen LogP contribution in [-0.4, -0.2) is 27.0 Å². The molecule has 2 aromatic rings. The van der Waals surface area contributed by atoms with Crippen molar-refractivity contribution < 1.29 is 0 Å². The molecule has 2 atom stereocenters. The van der Waals surface area contributed by atoms with Crippen molar-refractivity contribution in [3.8, 4) is 0 Å². The summed E-state index contributed by atoms with van der Waals surface area (Å²) in [4.78, 5) is 22.8. The van der Waals surface area contributed by atoms with Gasteiger partial charge in [0.2, 0.25) is 5.95 Å². The van der Waals surface area contributed by atoms with Gasteiger partial charge in [0, 0.05) is 18.3 Å². The number of rotatable bonds is 2. The average Bonchev–Trinajstić information content (AvgIpc) is 2.41. The summed E-state index contributed by atoms with van der Waals surface area (Å²) < 4.78 is 0. The van der Waals surface area contributed by atoms with E-state index < -0.39 is 0 Å². The lowest BCUT2D eigenvalue weighted by molar-refractivity contribution is 0.402. The lowest BCUT2D eigenvalue weighted by atomic mass is 9.91. The van der Waals surface area contributed by atoms with E-state index in [-0.39, 0.29) is 23.5 Å². The second kappa shape index (κ2) is 5.09. The number of aromatic nitrogens is 3. The molecule has 0 aliphatic heterocycles. The van der Waals surface area contributed by atoms with Crippen LogP contribution in [0.5, 0.6) is 0 Å². The molecule has 2 unspecified atom stereocenters. The summed E-state index contributed by atoms with van der Waals surface area (Å²) in [6.07, 6.45) is 5.86. The molecule has 1 aliphatic rings. The van der Waals surface area contributed by atoms with E-state index in [0.717, 1.165) is 25.7 Å². The summed E-state index contributed by atoms with van der Waals surface area (Å²) in [7, 11) is 0. The van der Waals surface area contributed by atoms with Crippen LogP contribution in [0.2, 0.25) is 0 Å². The number of pyridine rings is 1. The zero-order valence-electron chi connectivity index (χ0n) is 11.1. The highest BCUT2D eigenvalue weighted by atomic mass is 16.1. The van der Waals surface area contributed by atoms with Gasteiger partial charge < -0.3 is 21.8 Å². The molecular weight excluding hydrogens is 256 g/mol. The molecule has 0 amide bonds. The SMILES string of the molecule is Nc1nc(NC2CCCCC2N)nc2cc[nH]c(=O)c12. The number of nitrogens with one attached hydrogen (secondary N) is 2. The largest absolute Gasteiger partial charge is 0.383 e. The van der Waals surface area contributed by atoms with Gasteiger partial charge in [0.05, 0.1) is 5.52 Å². The lowest BCUT2D eigenvalue weighted by Crippen LogP contribution is -2.43. The molecule has 7 nitrogen and oxygen atoms in total. The van der Waals surface area contributed by atoms with Crippen molar-refractivity contribution in [1.29, 1.82) is 0 Å². The Balaban J connectivity index is 1.94. The van der Waals surface area contributed by atoms with Crippen LogP contribution in [0.25, 0.3) is 10.9 Å². The van der Waals surface area contributed by atoms with Crippen molar-refractivity contribution >= 4 is 22.7 Å². The van der Waals surface area contributed by atoms with Crippen LogP contribution in [0, 0.1) is 0 Å². The van der Waals surface area contributed by atoms with Crippen LogP contribution in [0.4, 0.5) is 11.8 Å². The number of nitrogen functional groups attached to an aromatic ring is 1. The minimum atomic E-state index is -0.277. The summed E-state index contributed by atoms with van der Waals surface area (Å²) in [5, 5.41) is 3.57. The number of H-pyrrole nitrogens is 1. The second-order valence-electron chi connectivity index (χ2n) is 5.20. The molecule has 0 spiro atoms. The van der Waals surface area contributed by atoms with Crippen LogP contribution in [0.15, 0.2) is 17.1 Å². The standard InChI is InChI=1S/C13H18N6O/c14-7-3-1-2-4-8(7)17-13-18-9-5-6-16-12(20)10(9)11(15)19-13/h5-8H,1-4,14H2,(H,16,20)(H3,15,17,18,19). The first kappa shape index (κ1) is 12.9. The van der Waals surface area contributed by atoms with Crippen LogP contribution in [-0.2, 0) is 0 Å². The van der Waals surface area contributed by atoms with E-state index in [1.54, 1.807) is 12.3 Å². The van der Waals surface area contributed by atoms with Crippen LogP contribution < -0.4 is 22.3 Å². The fraction of sp³-hybridized carbons (Fsp3) is 0.462. The quantitative estimate of drug-likeness (QED) is 0.635. The van der Waals surface area contributed by atoms with E-state index in [2.05, 4.69) is 20.3 Å². The van der Waals surface area contributed by atoms with E-state index in [0.29, 0.717) is 16.9 Å². The zero-order valence-corrected chi connectivity index (χ0v) is 11.1. The number of fused-ring (bicyclic) bond motifs is 1. The van der Waals surface area contributed by atoms with Crippen molar-refractivity contribution in [2.75, 3.05) is 11.1 Å². The first-order valence-corrected chi connectivity index (χ1v) is 6.82. The third kappa shape index (κ3) is 2.32. The van der Waals surface area contributed by atoms with Gasteiger partial charge in [-0.25, -0.2) is 4.98 Å². The fourth-order valence-electron chi connectivity index (χ4n) is 2.69. The maximum Gasteiger partial charge on any atom is 0.261 e. The number of hydrogen-bond acceptors (Lipinski definition) is 6. The first-order valence-electron chi connectivity index (χ1n) is 6.82. The van der Waals surface area contributed by atoms with Gasteiger partial charge in [-0.2, -0.15) is 4.98 Å². The Labute approximate surface area is 115 Å².